The van der Waals surface area contributed by atoms with E-state index in [9.17, 15) is 4.79 Å². The van der Waals surface area contributed by atoms with Crippen LogP contribution in [-0.2, 0) is 17.8 Å². The van der Waals surface area contributed by atoms with Crippen LogP contribution < -0.4 is 5.32 Å². The zero-order valence-electron chi connectivity index (χ0n) is 12.5. The maximum absolute atomic E-state index is 11.9. The zero-order chi connectivity index (χ0) is 15.4. The number of nitrogens with one attached hydrogen (secondary N) is 1. The number of hydrogen-bond acceptors (Lipinski definition) is 3. The number of amides is 1. The third kappa shape index (κ3) is 3.52. The molecule has 1 amide bonds. The molecule has 2 aromatic carbocycles. The van der Waals surface area contributed by atoms with Gasteiger partial charge in [0.2, 0.25) is 5.91 Å². The van der Waals surface area contributed by atoms with Gasteiger partial charge in [0, 0.05) is 19.4 Å². The van der Waals surface area contributed by atoms with Crippen LogP contribution in [0.5, 0.6) is 0 Å². The molecule has 0 bridgehead atoms. The van der Waals surface area contributed by atoms with Crippen molar-refractivity contribution >= 4 is 17.0 Å². The average Bonchev–Trinajstić information content (AvgIpc) is 2.95. The molecule has 4 nitrogen and oxygen atoms in total. The van der Waals surface area contributed by atoms with Gasteiger partial charge in [0.1, 0.15) is 5.52 Å². The number of nitrogens with zero attached hydrogens (tertiary/aromatic N) is 1. The fraction of sp³-hybridized carbons (Fsp3) is 0.222. The fourth-order valence-electron chi connectivity index (χ4n) is 2.24. The number of benzene rings is 2. The van der Waals surface area contributed by atoms with E-state index in [1.165, 1.54) is 5.56 Å². The minimum atomic E-state index is 0.00262. The zero-order valence-corrected chi connectivity index (χ0v) is 12.5. The molecule has 112 valence electrons. The summed E-state index contributed by atoms with van der Waals surface area (Å²) >= 11 is 0. The highest BCUT2D eigenvalue weighted by Gasteiger charge is 2.08. The van der Waals surface area contributed by atoms with Gasteiger partial charge in [-0.2, -0.15) is 0 Å². The topological polar surface area (TPSA) is 55.1 Å². The maximum atomic E-state index is 11.9. The smallest absolute Gasteiger partial charge is 0.220 e. The molecule has 0 unspecified atom stereocenters. The molecule has 1 N–H and O–H groups in total. The Balaban J connectivity index is 1.50. The molecule has 22 heavy (non-hydrogen) atoms. The van der Waals surface area contributed by atoms with E-state index in [1.807, 2.05) is 55.5 Å². The lowest BCUT2D eigenvalue weighted by Crippen LogP contribution is -2.23. The van der Waals surface area contributed by atoms with Gasteiger partial charge in [0.05, 0.1) is 0 Å². The molecule has 0 aliphatic heterocycles. The van der Waals surface area contributed by atoms with E-state index in [4.69, 9.17) is 4.42 Å². The highest BCUT2D eigenvalue weighted by Crippen LogP contribution is 2.15. The van der Waals surface area contributed by atoms with E-state index in [1.54, 1.807) is 0 Å². The summed E-state index contributed by atoms with van der Waals surface area (Å²) in [6.45, 7) is 2.59. The molecule has 1 aromatic heterocycles. The molecule has 0 radical (unpaired) electrons. The second-order valence-electron chi connectivity index (χ2n) is 5.34. The van der Waals surface area contributed by atoms with Crippen molar-refractivity contribution in [3.05, 3.63) is 65.5 Å². The van der Waals surface area contributed by atoms with Gasteiger partial charge >= 0.3 is 0 Å². The largest absolute Gasteiger partial charge is 0.441 e. The number of carbonyl (C=O) groups is 1. The Kier molecular flexibility index (Phi) is 4.19. The monoisotopic (exact) mass is 294 g/mol. The number of oxazole rings is 1. The quantitative estimate of drug-likeness (QED) is 0.784. The first-order valence-corrected chi connectivity index (χ1v) is 7.37. The highest BCUT2D eigenvalue weighted by molar-refractivity contribution is 5.76. The van der Waals surface area contributed by atoms with Crippen LogP contribution in [0.15, 0.2) is 52.9 Å². The van der Waals surface area contributed by atoms with Crippen molar-refractivity contribution in [2.45, 2.75) is 26.3 Å². The van der Waals surface area contributed by atoms with Crippen LogP contribution in [0.2, 0.25) is 0 Å². The van der Waals surface area contributed by atoms with Crippen LogP contribution >= 0.6 is 0 Å². The highest BCUT2D eigenvalue weighted by atomic mass is 16.3. The summed E-state index contributed by atoms with van der Waals surface area (Å²) in [5.74, 6) is 0.606. The van der Waals surface area contributed by atoms with Gasteiger partial charge in [-0.05, 0) is 24.6 Å². The Hall–Kier alpha value is -2.62. The predicted octanol–water partition coefficient (Wildman–Crippen LogP) is 3.39. The van der Waals surface area contributed by atoms with Gasteiger partial charge < -0.3 is 9.73 Å². The standard InChI is InChI=1S/C18H18N2O2/c1-13-6-8-14(9-7-13)12-19-17(21)10-11-18-20-15-4-2-3-5-16(15)22-18/h2-9H,10-12H2,1H3,(H,19,21). The second kappa shape index (κ2) is 6.43. The van der Waals surface area contributed by atoms with E-state index in [0.29, 0.717) is 25.3 Å². The summed E-state index contributed by atoms with van der Waals surface area (Å²) < 4.78 is 5.60. The molecule has 0 fully saturated rings. The van der Waals surface area contributed by atoms with Crippen LogP contribution in [-0.4, -0.2) is 10.9 Å². The Morgan fingerprint density at radius 2 is 1.91 bits per heavy atom. The third-order valence-electron chi connectivity index (χ3n) is 3.51. The molecule has 0 spiro atoms. The fourth-order valence-corrected chi connectivity index (χ4v) is 2.24. The maximum Gasteiger partial charge on any atom is 0.220 e. The molecule has 3 rings (SSSR count). The van der Waals surface area contributed by atoms with Crippen molar-refractivity contribution in [2.75, 3.05) is 0 Å². The third-order valence-corrected chi connectivity index (χ3v) is 3.51. The molecule has 0 aliphatic rings. The van der Waals surface area contributed by atoms with Crippen molar-refractivity contribution in [3.8, 4) is 0 Å². The van der Waals surface area contributed by atoms with Crippen molar-refractivity contribution < 1.29 is 9.21 Å². The van der Waals surface area contributed by atoms with Gasteiger partial charge in [0.25, 0.3) is 0 Å². The van der Waals surface area contributed by atoms with Crippen molar-refractivity contribution in [1.82, 2.24) is 10.3 Å². The summed E-state index contributed by atoms with van der Waals surface area (Å²) in [5.41, 5.74) is 3.90. The molecule has 0 aliphatic carbocycles. The van der Waals surface area contributed by atoms with E-state index < -0.39 is 0 Å². The summed E-state index contributed by atoms with van der Waals surface area (Å²) in [5, 5.41) is 2.91. The van der Waals surface area contributed by atoms with Crippen LogP contribution in [0.25, 0.3) is 11.1 Å². The van der Waals surface area contributed by atoms with Gasteiger partial charge in [-0.1, -0.05) is 42.0 Å². The predicted molar refractivity (Wildman–Crippen MR) is 85.4 cm³/mol. The number of fused-ring (bicyclic) bond motifs is 1. The van der Waals surface area contributed by atoms with Crippen LogP contribution in [0.3, 0.4) is 0 Å². The number of hydrogen-bond donors (Lipinski definition) is 1. The SMILES string of the molecule is Cc1ccc(CNC(=O)CCc2nc3ccccc3o2)cc1. The average molecular weight is 294 g/mol. The van der Waals surface area contributed by atoms with E-state index in [0.717, 1.165) is 16.7 Å². The lowest BCUT2D eigenvalue weighted by Gasteiger charge is -2.04. The molecule has 4 heteroatoms. The normalized spacial score (nSPS) is 10.8. The van der Waals surface area contributed by atoms with E-state index >= 15 is 0 Å². The number of carbonyl (C=O) groups excluding carboxylic acids is 1. The second-order valence-corrected chi connectivity index (χ2v) is 5.34. The molecule has 0 atom stereocenters. The summed E-state index contributed by atoms with van der Waals surface area (Å²) in [6.07, 6.45) is 0.882. The summed E-state index contributed by atoms with van der Waals surface area (Å²) in [4.78, 5) is 16.3. The van der Waals surface area contributed by atoms with Gasteiger partial charge in [0.15, 0.2) is 11.5 Å². The molecule has 1 heterocycles. The Morgan fingerprint density at radius 3 is 2.68 bits per heavy atom. The van der Waals surface area contributed by atoms with E-state index in [2.05, 4.69) is 10.3 Å². The van der Waals surface area contributed by atoms with Gasteiger partial charge in [-0.3, -0.25) is 4.79 Å². The number of para-hydroxylation sites is 2. The number of aryl methyl sites for hydroxylation is 2. The lowest BCUT2D eigenvalue weighted by molar-refractivity contribution is -0.121. The Labute approximate surface area is 129 Å². The Morgan fingerprint density at radius 1 is 1.14 bits per heavy atom. The lowest BCUT2D eigenvalue weighted by atomic mass is 10.1. The van der Waals surface area contributed by atoms with Crippen molar-refractivity contribution in [2.24, 2.45) is 0 Å². The molecule has 3 aromatic rings. The van der Waals surface area contributed by atoms with Crippen LogP contribution in [0, 0.1) is 6.92 Å². The van der Waals surface area contributed by atoms with Gasteiger partial charge in [-0.25, -0.2) is 4.98 Å². The summed E-state index contributed by atoms with van der Waals surface area (Å²) in [6, 6.07) is 15.7. The van der Waals surface area contributed by atoms with Gasteiger partial charge in [-0.15, -0.1) is 0 Å². The first kappa shape index (κ1) is 14.3. The minimum Gasteiger partial charge on any atom is -0.441 e. The van der Waals surface area contributed by atoms with Crippen LogP contribution in [0.1, 0.15) is 23.4 Å². The van der Waals surface area contributed by atoms with Crippen molar-refractivity contribution in [3.63, 3.8) is 0 Å². The molecular formula is C18H18N2O2. The van der Waals surface area contributed by atoms with E-state index in [-0.39, 0.29) is 5.91 Å². The molecule has 0 saturated carbocycles. The minimum absolute atomic E-state index is 0.00262. The molecular weight excluding hydrogens is 276 g/mol. The first-order valence-electron chi connectivity index (χ1n) is 7.37. The van der Waals surface area contributed by atoms with Crippen molar-refractivity contribution in [1.29, 1.82) is 0 Å². The summed E-state index contributed by atoms with van der Waals surface area (Å²) in [7, 11) is 0. The number of rotatable bonds is 5. The van der Waals surface area contributed by atoms with Crippen LogP contribution in [0.4, 0.5) is 0 Å². The molecule has 0 saturated heterocycles. The first-order chi connectivity index (χ1) is 10.7. The Bertz CT molecular complexity index is 742. The number of aromatic nitrogens is 1.